The maximum Gasteiger partial charge on any atom is 0.319 e. The first-order chi connectivity index (χ1) is 12.2. The fourth-order valence-electron chi connectivity index (χ4n) is 3.09. The van der Waals surface area contributed by atoms with Crippen LogP contribution in [0.4, 0.5) is 10.5 Å². The number of urea groups is 1. The maximum absolute atomic E-state index is 12.2. The zero-order valence-electron chi connectivity index (χ0n) is 13.7. The third kappa shape index (κ3) is 3.21. The van der Waals surface area contributed by atoms with E-state index >= 15 is 0 Å². The summed E-state index contributed by atoms with van der Waals surface area (Å²) in [5.74, 6) is 1.13. The Morgan fingerprint density at radius 2 is 2.24 bits per heavy atom. The molecule has 1 aromatic carbocycles. The molecule has 0 saturated heterocycles. The maximum atomic E-state index is 12.2. The van der Waals surface area contributed by atoms with Crippen molar-refractivity contribution in [2.75, 3.05) is 5.32 Å². The number of hydrogen-bond acceptors (Lipinski definition) is 5. The summed E-state index contributed by atoms with van der Waals surface area (Å²) >= 11 is 0. The highest BCUT2D eigenvalue weighted by atomic mass is 16.5. The highest BCUT2D eigenvalue weighted by Crippen LogP contribution is 2.33. The molecule has 7 nitrogen and oxygen atoms in total. The van der Waals surface area contributed by atoms with E-state index in [2.05, 4.69) is 31.8 Å². The Morgan fingerprint density at radius 3 is 3.00 bits per heavy atom. The van der Waals surface area contributed by atoms with Crippen molar-refractivity contribution >= 4 is 11.7 Å². The van der Waals surface area contributed by atoms with E-state index in [1.807, 2.05) is 12.1 Å². The average molecular weight is 335 g/mol. The largest absolute Gasteiger partial charge is 0.339 e. The van der Waals surface area contributed by atoms with Gasteiger partial charge in [0.1, 0.15) is 0 Å². The summed E-state index contributed by atoms with van der Waals surface area (Å²) in [6, 6.07) is 9.40. The van der Waals surface area contributed by atoms with Crippen LogP contribution < -0.4 is 10.6 Å². The van der Waals surface area contributed by atoms with Crippen molar-refractivity contribution in [1.29, 1.82) is 0 Å². The van der Waals surface area contributed by atoms with Gasteiger partial charge in [0.2, 0.25) is 11.7 Å². The lowest BCUT2D eigenvalue weighted by Crippen LogP contribution is -2.31. The summed E-state index contributed by atoms with van der Waals surface area (Å²) in [5, 5.41) is 9.77. The van der Waals surface area contributed by atoms with Gasteiger partial charge >= 0.3 is 6.03 Å². The van der Waals surface area contributed by atoms with Gasteiger partial charge in [0.05, 0.1) is 17.9 Å². The number of aryl methyl sites for hydroxylation is 2. The molecular formula is C18H17N5O2. The van der Waals surface area contributed by atoms with E-state index in [0.29, 0.717) is 17.4 Å². The van der Waals surface area contributed by atoms with Crippen molar-refractivity contribution in [1.82, 2.24) is 20.4 Å². The molecule has 0 aliphatic heterocycles. The van der Waals surface area contributed by atoms with Crippen molar-refractivity contribution < 1.29 is 9.32 Å². The SMILES string of the molecule is Cc1nc(-c2ccc3c(c2)CCC3NC(=O)Nc2cccnc2)no1. The number of carbonyl (C=O) groups is 1. The van der Waals surface area contributed by atoms with Crippen LogP contribution >= 0.6 is 0 Å². The lowest BCUT2D eigenvalue weighted by Gasteiger charge is -2.15. The first kappa shape index (κ1) is 15.3. The van der Waals surface area contributed by atoms with Crippen molar-refractivity contribution in [3.05, 3.63) is 59.7 Å². The van der Waals surface area contributed by atoms with Crippen LogP contribution in [0.1, 0.15) is 29.5 Å². The van der Waals surface area contributed by atoms with Gasteiger partial charge in [0, 0.05) is 18.7 Å². The molecule has 2 aromatic heterocycles. The molecule has 0 spiro atoms. The van der Waals surface area contributed by atoms with Crippen LogP contribution in [0.2, 0.25) is 0 Å². The van der Waals surface area contributed by atoms with Crippen LogP contribution in [0, 0.1) is 6.92 Å². The molecule has 2 amide bonds. The van der Waals surface area contributed by atoms with Crippen LogP contribution in [0.15, 0.2) is 47.2 Å². The number of nitrogens with zero attached hydrogens (tertiary/aromatic N) is 3. The Kier molecular flexibility index (Phi) is 3.89. The first-order valence-corrected chi connectivity index (χ1v) is 8.10. The summed E-state index contributed by atoms with van der Waals surface area (Å²) in [6.45, 7) is 1.77. The van der Waals surface area contributed by atoms with E-state index in [1.54, 1.807) is 31.5 Å². The van der Waals surface area contributed by atoms with Crippen LogP contribution in [-0.4, -0.2) is 21.2 Å². The van der Waals surface area contributed by atoms with Crippen LogP contribution in [0.5, 0.6) is 0 Å². The second-order valence-corrected chi connectivity index (χ2v) is 5.98. The number of hydrogen-bond donors (Lipinski definition) is 2. The fourth-order valence-corrected chi connectivity index (χ4v) is 3.09. The minimum Gasteiger partial charge on any atom is -0.339 e. The predicted molar refractivity (Wildman–Crippen MR) is 91.9 cm³/mol. The molecule has 0 radical (unpaired) electrons. The number of aromatic nitrogens is 3. The van der Waals surface area contributed by atoms with Crippen molar-refractivity contribution in [2.45, 2.75) is 25.8 Å². The third-order valence-corrected chi connectivity index (χ3v) is 4.23. The Bertz CT molecular complexity index is 907. The van der Waals surface area contributed by atoms with E-state index in [0.717, 1.165) is 24.0 Å². The smallest absolute Gasteiger partial charge is 0.319 e. The molecule has 1 atom stereocenters. The molecule has 3 aromatic rings. The van der Waals surface area contributed by atoms with Crippen molar-refractivity contribution in [3.63, 3.8) is 0 Å². The molecule has 0 saturated carbocycles. The van der Waals surface area contributed by atoms with Gasteiger partial charge in [-0.15, -0.1) is 0 Å². The van der Waals surface area contributed by atoms with E-state index in [1.165, 1.54) is 5.56 Å². The van der Waals surface area contributed by atoms with E-state index in [-0.39, 0.29) is 12.1 Å². The minimum atomic E-state index is -0.233. The second kappa shape index (κ2) is 6.35. The summed E-state index contributed by atoms with van der Waals surface area (Å²) in [6.07, 6.45) is 5.04. The number of rotatable bonds is 3. The molecule has 4 rings (SSSR count). The van der Waals surface area contributed by atoms with Crippen LogP contribution in [0.3, 0.4) is 0 Å². The lowest BCUT2D eigenvalue weighted by atomic mass is 10.0. The van der Waals surface area contributed by atoms with E-state index in [9.17, 15) is 4.79 Å². The summed E-state index contributed by atoms with van der Waals surface area (Å²) in [4.78, 5) is 20.4. The topological polar surface area (TPSA) is 92.9 Å². The van der Waals surface area contributed by atoms with Gasteiger partial charge in [-0.3, -0.25) is 4.98 Å². The Morgan fingerprint density at radius 1 is 1.32 bits per heavy atom. The Labute approximate surface area is 144 Å². The quantitative estimate of drug-likeness (QED) is 0.766. The molecule has 2 heterocycles. The van der Waals surface area contributed by atoms with Gasteiger partial charge in [0.15, 0.2) is 0 Å². The molecular weight excluding hydrogens is 318 g/mol. The lowest BCUT2D eigenvalue weighted by molar-refractivity contribution is 0.248. The Balaban J connectivity index is 1.47. The molecule has 2 N–H and O–H groups in total. The van der Waals surface area contributed by atoms with Gasteiger partial charge in [-0.05, 0) is 42.2 Å². The van der Waals surface area contributed by atoms with E-state index in [4.69, 9.17) is 4.52 Å². The second-order valence-electron chi connectivity index (χ2n) is 5.98. The number of amides is 2. The van der Waals surface area contributed by atoms with Gasteiger partial charge in [-0.1, -0.05) is 17.3 Å². The van der Waals surface area contributed by atoms with Crippen LogP contribution in [0.25, 0.3) is 11.4 Å². The third-order valence-electron chi connectivity index (χ3n) is 4.23. The number of pyridine rings is 1. The van der Waals surface area contributed by atoms with E-state index < -0.39 is 0 Å². The Hall–Kier alpha value is -3.22. The molecule has 7 heteroatoms. The standard InChI is InChI=1S/C18H17N5O2/c1-11-20-17(23-25-11)13-4-6-15-12(9-13)5-7-16(15)22-18(24)21-14-3-2-8-19-10-14/h2-4,6,8-10,16H,5,7H2,1H3,(H2,21,22,24). The summed E-state index contributed by atoms with van der Waals surface area (Å²) < 4.78 is 5.04. The number of benzene rings is 1. The molecule has 1 aliphatic rings. The highest BCUT2D eigenvalue weighted by molar-refractivity contribution is 5.89. The monoisotopic (exact) mass is 335 g/mol. The number of fused-ring (bicyclic) bond motifs is 1. The van der Waals surface area contributed by atoms with Crippen molar-refractivity contribution in [3.8, 4) is 11.4 Å². The molecule has 25 heavy (non-hydrogen) atoms. The molecule has 1 aliphatic carbocycles. The highest BCUT2D eigenvalue weighted by Gasteiger charge is 2.24. The van der Waals surface area contributed by atoms with Gasteiger partial charge < -0.3 is 15.2 Å². The molecule has 0 fully saturated rings. The zero-order valence-corrected chi connectivity index (χ0v) is 13.7. The number of nitrogens with one attached hydrogen (secondary N) is 2. The number of carbonyl (C=O) groups excluding carboxylic acids is 1. The van der Waals surface area contributed by atoms with Gasteiger partial charge in [0.25, 0.3) is 0 Å². The van der Waals surface area contributed by atoms with Crippen LogP contribution in [-0.2, 0) is 6.42 Å². The number of anilines is 1. The fraction of sp³-hybridized carbons (Fsp3) is 0.222. The molecule has 0 bridgehead atoms. The average Bonchev–Trinajstić information content (AvgIpc) is 3.22. The van der Waals surface area contributed by atoms with Gasteiger partial charge in [-0.25, -0.2) is 4.79 Å². The predicted octanol–water partition coefficient (Wildman–Crippen LogP) is 3.25. The summed E-state index contributed by atoms with van der Waals surface area (Å²) in [5.41, 5.74) is 3.93. The zero-order chi connectivity index (χ0) is 17.2. The molecule has 126 valence electrons. The summed E-state index contributed by atoms with van der Waals surface area (Å²) in [7, 11) is 0. The minimum absolute atomic E-state index is 0.00674. The normalized spacial score (nSPS) is 15.6. The van der Waals surface area contributed by atoms with Crippen molar-refractivity contribution in [2.24, 2.45) is 0 Å². The van der Waals surface area contributed by atoms with Gasteiger partial charge in [-0.2, -0.15) is 4.98 Å². The first-order valence-electron chi connectivity index (χ1n) is 8.10. The molecule has 1 unspecified atom stereocenters.